The van der Waals surface area contributed by atoms with Crippen molar-refractivity contribution in [1.82, 2.24) is 9.78 Å². The summed E-state index contributed by atoms with van der Waals surface area (Å²) in [5, 5.41) is 6.92. The van der Waals surface area contributed by atoms with Gasteiger partial charge < -0.3 is 10.1 Å². The number of halogens is 3. The van der Waals surface area contributed by atoms with Crippen LogP contribution in [0.2, 0.25) is 0 Å². The molecule has 3 rings (SSSR count). The van der Waals surface area contributed by atoms with Gasteiger partial charge in [-0.1, -0.05) is 6.07 Å². The first kappa shape index (κ1) is 20.8. The fourth-order valence-electron chi connectivity index (χ4n) is 2.60. The molecule has 0 saturated heterocycles. The molecule has 2 aromatic carbocycles. The van der Waals surface area contributed by atoms with Gasteiger partial charge in [-0.05, 0) is 49.4 Å². The maximum atomic E-state index is 13.0. The lowest BCUT2D eigenvalue weighted by Gasteiger charge is -2.12. The summed E-state index contributed by atoms with van der Waals surface area (Å²) in [4.78, 5) is 13.2. The van der Waals surface area contributed by atoms with E-state index in [1.807, 2.05) is 12.1 Å². The molecule has 0 aliphatic carbocycles. The van der Waals surface area contributed by atoms with Crippen LogP contribution in [-0.2, 0) is 11.0 Å². The van der Waals surface area contributed by atoms with Crippen LogP contribution in [0.3, 0.4) is 0 Å². The number of amides is 1. The maximum Gasteiger partial charge on any atom is 0.416 e. The maximum absolute atomic E-state index is 13.0. The second kappa shape index (κ2) is 8.60. The van der Waals surface area contributed by atoms with Crippen molar-refractivity contribution in [2.45, 2.75) is 18.0 Å². The molecule has 0 fully saturated rings. The lowest BCUT2D eigenvalue weighted by molar-refractivity contribution is -0.137. The smallest absolute Gasteiger partial charge is 0.416 e. The Morgan fingerprint density at radius 3 is 2.55 bits per heavy atom. The van der Waals surface area contributed by atoms with Crippen LogP contribution in [0.4, 0.5) is 19.0 Å². The third kappa shape index (κ3) is 5.32. The number of aromatic nitrogens is 2. The number of anilines is 1. The number of methoxy groups -OCH3 is 1. The fraction of sp³-hybridized carbons (Fsp3) is 0.200. The van der Waals surface area contributed by atoms with E-state index in [0.29, 0.717) is 11.5 Å². The molecular weight excluding hydrogens is 403 g/mol. The number of nitrogens with zero attached hydrogens (tertiary/aromatic N) is 2. The van der Waals surface area contributed by atoms with E-state index in [4.69, 9.17) is 4.74 Å². The number of hydrogen-bond donors (Lipinski definition) is 1. The Bertz CT molecular complexity index is 1000. The predicted molar refractivity (Wildman–Crippen MR) is 106 cm³/mol. The Morgan fingerprint density at radius 2 is 1.90 bits per heavy atom. The van der Waals surface area contributed by atoms with E-state index in [0.717, 1.165) is 22.8 Å². The number of alkyl halides is 3. The first-order valence-corrected chi connectivity index (χ1v) is 9.56. The van der Waals surface area contributed by atoms with Gasteiger partial charge in [0.15, 0.2) is 0 Å². The number of benzene rings is 2. The summed E-state index contributed by atoms with van der Waals surface area (Å²) in [6.07, 6.45) is -4.46. The average Bonchev–Trinajstić information content (AvgIpc) is 3.06. The van der Waals surface area contributed by atoms with Crippen LogP contribution in [0.1, 0.15) is 11.3 Å². The minimum absolute atomic E-state index is 0.138. The van der Waals surface area contributed by atoms with E-state index in [1.165, 1.54) is 28.6 Å². The number of rotatable bonds is 6. The number of carbonyl (C=O) groups excluding carboxylic acids is 1. The SMILES string of the molecule is COc1ccc(SCC(=O)Nc2cc(C)nn2-c2cccc(C(F)(F)F)c2)cc1. The van der Waals surface area contributed by atoms with Crippen molar-refractivity contribution in [3.05, 3.63) is 65.9 Å². The van der Waals surface area contributed by atoms with Crippen molar-refractivity contribution in [1.29, 1.82) is 0 Å². The quantitative estimate of drug-likeness (QED) is 0.573. The van der Waals surface area contributed by atoms with Crippen LogP contribution in [0.5, 0.6) is 5.75 Å². The number of nitrogens with one attached hydrogen (secondary N) is 1. The van der Waals surface area contributed by atoms with Crippen molar-refractivity contribution < 1.29 is 22.7 Å². The molecular formula is C20H18F3N3O2S. The molecule has 0 aliphatic heterocycles. The van der Waals surface area contributed by atoms with E-state index < -0.39 is 11.7 Å². The first-order valence-electron chi connectivity index (χ1n) is 8.57. The van der Waals surface area contributed by atoms with Gasteiger partial charge in [0, 0.05) is 11.0 Å². The van der Waals surface area contributed by atoms with Crippen molar-refractivity contribution in [2.24, 2.45) is 0 Å². The van der Waals surface area contributed by atoms with Crippen LogP contribution in [0, 0.1) is 6.92 Å². The van der Waals surface area contributed by atoms with Gasteiger partial charge in [0.25, 0.3) is 0 Å². The Balaban J connectivity index is 1.72. The lowest BCUT2D eigenvalue weighted by atomic mass is 10.2. The van der Waals surface area contributed by atoms with Crippen LogP contribution in [0.25, 0.3) is 5.69 Å². The largest absolute Gasteiger partial charge is 0.497 e. The van der Waals surface area contributed by atoms with Crippen LogP contribution in [0.15, 0.2) is 59.5 Å². The molecule has 1 N–H and O–H groups in total. The standard InChI is InChI=1S/C20H18F3N3O2S/c1-13-10-18(24-19(27)12-29-17-8-6-16(28-2)7-9-17)26(25-13)15-5-3-4-14(11-15)20(21,22)23/h3-11H,12H2,1-2H3,(H,24,27). The van der Waals surface area contributed by atoms with Gasteiger partial charge >= 0.3 is 6.18 Å². The molecule has 152 valence electrons. The highest BCUT2D eigenvalue weighted by atomic mass is 32.2. The fourth-order valence-corrected chi connectivity index (χ4v) is 3.30. The van der Waals surface area contributed by atoms with E-state index in [2.05, 4.69) is 10.4 Å². The molecule has 1 aromatic heterocycles. The van der Waals surface area contributed by atoms with Crippen molar-refractivity contribution in [3.8, 4) is 11.4 Å². The summed E-state index contributed by atoms with van der Waals surface area (Å²) in [5.74, 6) is 0.874. The summed E-state index contributed by atoms with van der Waals surface area (Å²) in [5.41, 5.74) is 0.00189. The summed E-state index contributed by atoms with van der Waals surface area (Å²) in [6.45, 7) is 1.70. The number of thioether (sulfide) groups is 1. The molecule has 5 nitrogen and oxygen atoms in total. The summed E-state index contributed by atoms with van der Waals surface area (Å²) in [7, 11) is 1.57. The van der Waals surface area contributed by atoms with E-state index in [-0.39, 0.29) is 17.3 Å². The summed E-state index contributed by atoms with van der Waals surface area (Å²) >= 11 is 1.34. The molecule has 3 aromatic rings. The normalized spacial score (nSPS) is 11.3. The zero-order valence-electron chi connectivity index (χ0n) is 15.7. The van der Waals surface area contributed by atoms with Gasteiger partial charge in [0.05, 0.1) is 29.8 Å². The van der Waals surface area contributed by atoms with Crippen LogP contribution < -0.4 is 10.1 Å². The monoisotopic (exact) mass is 421 g/mol. The van der Waals surface area contributed by atoms with Gasteiger partial charge in [-0.25, -0.2) is 4.68 Å². The Kier molecular flexibility index (Phi) is 6.17. The zero-order chi connectivity index (χ0) is 21.0. The molecule has 1 heterocycles. The molecule has 0 unspecified atom stereocenters. The topological polar surface area (TPSA) is 56.1 Å². The van der Waals surface area contributed by atoms with E-state index >= 15 is 0 Å². The molecule has 9 heteroatoms. The highest BCUT2D eigenvalue weighted by molar-refractivity contribution is 8.00. The Morgan fingerprint density at radius 1 is 1.17 bits per heavy atom. The van der Waals surface area contributed by atoms with Gasteiger partial charge in [-0.2, -0.15) is 18.3 Å². The Hall–Kier alpha value is -2.94. The molecule has 0 spiro atoms. The highest BCUT2D eigenvalue weighted by Gasteiger charge is 2.30. The van der Waals surface area contributed by atoms with E-state index in [9.17, 15) is 18.0 Å². The molecule has 29 heavy (non-hydrogen) atoms. The molecule has 0 radical (unpaired) electrons. The minimum atomic E-state index is -4.46. The summed E-state index contributed by atoms with van der Waals surface area (Å²) < 4.78 is 45.4. The zero-order valence-corrected chi connectivity index (χ0v) is 16.5. The molecule has 0 atom stereocenters. The van der Waals surface area contributed by atoms with Crippen molar-refractivity contribution in [3.63, 3.8) is 0 Å². The molecule has 1 amide bonds. The number of hydrogen-bond acceptors (Lipinski definition) is 4. The lowest BCUT2D eigenvalue weighted by Crippen LogP contribution is -2.17. The van der Waals surface area contributed by atoms with Crippen LogP contribution in [-0.4, -0.2) is 28.6 Å². The average molecular weight is 421 g/mol. The minimum Gasteiger partial charge on any atom is -0.497 e. The summed E-state index contributed by atoms with van der Waals surface area (Å²) in [6, 6.07) is 13.7. The van der Waals surface area contributed by atoms with Crippen LogP contribution >= 0.6 is 11.8 Å². The first-order chi connectivity index (χ1) is 13.8. The van der Waals surface area contributed by atoms with Gasteiger partial charge in [-0.15, -0.1) is 11.8 Å². The highest BCUT2D eigenvalue weighted by Crippen LogP contribution is 2.31. The second-order valence-corrected chi connectivity index (χ2v) is 7.19. The van der Waals surface area contributed by atoms with Crippen molar-refractivity contribution in [2.75, 3.05) is 18.2 Å². The van der Waals surface area contributed by atoms with Gasteiger partial charge in [0.1, 0.15) is 11.6 Å². The number of aryl methyl sites for hydroxylation is 1. The van der Waals surface area contributed by atoms with E-state index in [1.54, 1.807) is 32.2 Å². The van der Waals surface area contributed by atoms with Gasteiger partial charge in [-0.3, -0.25) is 4.79 Å². The molecule has 0 saturated carbocycles. The third-order valence-corrected chi connectivity index (χ3v) is 4.96. The predicted octanol–water partition coefficient (Wildman–Crippen LogP) is 4.94. The Labute approximate surface area is 169 Å². The van der Waals surface area contributed by atoms with Gasteiger partial charge in [0.2, 0.25) is 5.91 Å². The van der Waals surface area contributed by atoms with Crippen molar-refractivity contribution >= 4 is 23.5 Å². The second-order valence-electron chi connectivity index (χ2n) is 6.14. The third-order valence-electron chi connectivity index (χ3n) is 3.95. The molecule has 0 aliphatic rings. The molecule has 0 bridgehead atoms. The number of carbonyl (C=O) groups is 1. The number of ether oxygens (including phenoxy) is 1.